The Balaban J connectivity index is 1.79. The molecule has 2 atom stereocenters. The number of nitrogen functional groups attached to an aromatic ring is 1. The molecule has 0 bridgehead atoms. The van der Waals surface area contributed by atoms with Crippen molar-refractivity contribution in [3.8, 4) is 0 Å². The molecule has 2 unspecified atom stereocenters. The number of hydrogen-bond donors (Lipinski definition) is 1. The van der Waals surface area contributed by atoms with Gasteiger partial charge in [-0.05, 0) is 30.7 Å². The zero-order valence-electron chi connectivity index (χ0n) is 12.5. The molecule has 0 aromatic carbocycles. The fourth-order valence-electron chi connectivity index (χ4n) is 3.72. The number of pyridine rings is 1. The highest BCUT2D eigenvalue weighted by Crippen LogP contribution is 2.37. The molecular formula is C16H23N3O2. The number of nitrogens with two attached hydrogens (primary N) is 1. The van der Waals surface area contributed by atoms with Gasteiger partial charge in [-0.25, -0.2) is 9.78 Å². The van der Waals surface area contributed by atoms with Crippen LogP contribution in [-0.4, -0.2) is 31.2 Å². The average molecular weight is 289 g/mol. The van der Waals surface area contributed by atoms with E-state index in [1.54, 1.807) is 12.3 Å². The van der Waals surface area contributed by atoms with Gasteiger partial charge in [0.15, 0.2) is 0 Å². The standard InChI is InChI=1S/C16H23N3O2/c1-21-16(20)13-8-15(18-9-14(13)17)19-7-6-11-4-2-3-5-12(11)10-19/h8-9,11-12H,2-7,10,17H2,1H3. The number of hydrogen-bond acceptors (Lipinski definition) is 5. The van der Waals surface area contributed by atoms with E-state index >= 15 is 0 Å². The Morgan fingerprint density at radius 2 is 2.10 bits per heavy atom. The summed E-state index contributed by atoms with van der Waals surface area (Å²) in [6.07, 6.45) is 8.21. The van der Waals surface area contributed by atoms with Crippen molar-refractivity contribution in [1.82, 2.24) is 4.98 Å². The molecule has 1 aromatic heterocycles. The molecule has 0 spiro atoms. The van der Waals surface area contributed by atoms with Gasteiger partial charge in [-0.2, -0.15) is 0 Å². The van der Waals surface area contributed by atoms with Crippen LogP contribution in [0.1, 0.15) is 42.5 Å². The smallest absolute Gasteiger partial charge is 0.340 e. The minimum absolute atomic E-state index is 0.373. The molecular weight excluding hydrogens is 266 g/mol. The van der Waals surface area contributed by atoms with Crippen molar-refractivity contribution in [2.45, 2.75) is 32.1 Å². The van der Waals surface area contributed by atoms with Crippen molar-refractivity contribution in [1.29, 1.82) is 0 Å². The third-order valence-corrected chi connectivity index (χ3v) is 4.94. The van der Waals surface area contributed by atoms with Gasteiger partial charge in [0, 0.05) is 13.1 Å². The summed E-state index contributed by atoms with van der Waals surface area (Å²) in [7, 11) is 1.37. The van der Waals surface area contributed by atoms with Crippen molar-refractivity contribution >= 4 is 17.5 Å². The lowest BCUT2D eigenvalue weighted by Gasteiger charge is -2.41. The number of piperidine rings is 1. The number of carbonyl (C=O) groups excluding carboxylic acids is 1. The SMILES string of the molecule is COC(=O)c1cc(N2CCC3CCCCC3C2)ncc1N. The van der Waals surface area contributed by atoms with E-state index in [9.17, 15) is 4.79 Å². The molecule has 21 heavy (non-hydrogen) atoms. The molecule has 1 aliphatic heterocycles. The molecule has 0 amide bonds. The van der Waals surface area contributed by atoms with Crippen molar-refractivity contribution in [3.05, 3.63) is 17.8 Å². The molecule has 2 heterocycles. The van der Waals surface area contributed by atoms with Gasteiger partial charge in [-0.1, -0.05) is 19.3 Å². The van der Waals surface area contributed by atoms with Gasteiger partial charge in [0.05, 0.1) is 24.6 Å². The lowest BCUT2D eigenvalue weighted by Crippen LogP contribution is -2.42. The van der Waals surface area contributed by atoms with Crippen LogP contribution >= 0.6 is 0 Å². The zero-order chi connectivity index (χ0) is 14.8. The Hall–Kier alpha value is -1.78. The largest absolute Gasteiger partial charge is 0.465 e. The van der Waals surface area contributed by atoms with Crippen LogP contribution in [0.4, 0.5) is 11.5 Å². The molecule has 1 aromatic rings. The Morgan fingerprint density at radius 3 is 2.86 bits per heavy atom. The molecule has 1 saturated heterocycles. The van der Waals surface area contributed by atoms with Crippen LogP contribution in [-0.2, 0) is 4.74 Å². The summed E-state index contributed by atoms with van der Waals surface area (Å²) in [5.41, 5.74) is 6.60. The predicted molar refractivity (Wildman–Crippen MR) is 82.3 cm³/mol. The van der Waals surface area contributed by atoms with E-state index in [1.807, 2.05) is 0 Å². The maximum absolute atomic E-state index is 11.7. The average Bonchev–Trinajstić information content (AvgIpc) is 2.54. The van der Waals surface area contributed by atoms with E-state index in [0.717, 1.165) is 30.7 Å². The number of nitrogens with zero attached hydrogens (tertiary/aromatic N) is 2. The van der Waals surface area contributed by atoms with Crippen LogP contribution < -0.4 is 10.6 Å². The first-order chi connectivity index (χ1) is 10.2. The second-order valence-corrected chi connectivity index (χ2v) is 6.16. The quantitative estimate of drug-likeness (QED) is 0.847. The van der Waals surface area contributed by atoms with Crippen molar-refractivity contribution in [2.75, 3.05) is 30.8 Å². The van der Waals surface area contributed by atoms with Crippen molar-refractivity contribution < 1.29 is 9.53 Å². The monoisotopic (exact) mass is 289 g/mol. The highest BCUT2D eigenvalue weighted by molar-refractivity contribution is 5.95. The van der Waals surface area contributed by atoms with Gasteiger partial charge in [0.25, 0.3) is 0 Å². The molecule has 2 N–H and O–H groups in total. The molecule has 5 heteroatoms. The summed E-state index contributed by atoms with van der Waals surface area (Å²) < 4.78 is 4.78. The summed E-state index contributed by atoms with van der Waals surface area (Å²) in [6, 6.07) is 1.77. The van der Waals surface area contributed by atoms with Crippen LogP contribution in [0.25, 0.3) is 0 Å². The van der Waals surface area contributed by atoms with E-state index in [4.69, 9.17) is 10.5 Å². The zero-order valence-corrected chi connectivity index (χ0v) is 12.5. The number of aromatic nitrogens is 1. The highest BCUT2D eigenvalue weighted by atomic mass is 16.5. The summed E-state index contributed by atoms with van der Waals surface area (Å²) >= 11 is 0. The van der Waals surface area contributed by atoms with Gasteiger partial charge in [-0.3, -0.25) is 0 Å². The van der Waals surface area contributed by atoms with Gasteiger partial charge < -0.3 is 15.4 Å². The second-order valence-electron chi connectivity index (χ2n) is 6.16. The first-order valence-corrected chi connectivity index (χ1v) is 7.78. The van der Waals surface area contributed by atoms with Crippen molar-refractivity contribution in [2.24, 2.45) is 11.8 Å². The van der Waals surface area contributed by atoms with E-state index < -0.39 is 5.97 Å². The minimum Gasteiger partial charge on any atom is -0.465 e. The van der Waals surface area contributed by atoms with Crippen LogP contribution in [0.2, 0.25) is 0 Å². The van der Waals surface area contributed by atoms with E-state index in [2.05, 4.69) is 9.88 Å². The van der Waals surface area contributed by atoms with Crippen LogP contribution in [0.5, 0.6) is 0 Å². The minimum atomic E-state index is -0.399. The lowest BCUT2D eigenvalue weighted by molar-refractivity contribution is 0.0602. The summed E-state index contributed by atoms with van der Waals surface area (Å²) in [6.45, 7) is 2.06. The first-order valence-electron chi connectivity index (χ1n) is 7.78. The topological polar surface area (TPSA) is 68.5 Å². The number of esters is 1. The van der Waals surface area contributed by atoms with Gasteiger partial charge in [0.2, 0.25) is 0 Å². The second kappa shape index (κ2) is 5.92. The van der Waals surface area contributed by atoms with E-state index in [1.165, 1.54) is 39.2 Å². The molecule has 1 aliphatic carbocycles. The normalized spacial score (nSPS) is 25.3. The Bertz CT molecular complexity index is 532. The summed E-state index contributed by atoms with van der Waals surface area (Å²) in [5.74, 6) is 2.09. The summed E-state index contributed by atoms with van der Waals surface area (Å²) in [5, 5.41) is 0. The number of methoxy groups -OCH3 is 1. The fourth-order valence-corrected chi connectivity index (χ4v) is 3.72. The molecule has 2 aliphatic rings. The molecule has 3 rings (SSSR count). The number of ether oxygens (including phenoxy) is 1. The Kier molecular flexibility index (Phi) is 3.99. The maximum atomic E-state index is 11.7. The Morgan fingerprint density at radius 1 is 1.33 bits per heavy atom. The third-order valence-electron chi connectivity index (χ3n) is 4.94. The Labute approximate surface area is 125 Å². The van der Waals surface area contributed by atoms with Crippen LogP contribution in [0.3, 0.4) is 0 Å². The number of fused-ring (bicyclic) bond motifs is 1. The number of carbonyl (C=O) groups is 1. The predicted octanol–water partition coefficient (Wildman–Crippen LogP) is 2.47. The third kappa shape index (κ3) is 2.82. The molecule has 1 saturated carbocycles. The van der Waals surface area contributed by atoms with Crippen molar-refractivity contribution in [3.63, 3.8) is 0 Å². The fraction of sp³-hybridized carbons (Fsp3) is 0.625. The van der Waals surface area contributed by atoms with Gasteiger partial charge in [0.1, 0.15) is 5.82 Å². The molecule has 0 radical (unpaired) electrons. The van der Waals surface area contributed by atoms with E-state index in [0.29, 0.717) is 11.3 Å². The molecule has 5 nitrogen and oxygen atoms in total. The maximum Gasteiger partial charge on any atom is 0.340 e. The molecule has 2 fully saturated rings. The summed E-state index contributed by atoms with van der Waals surface area (Å²) in [4.78, 5) is 18.4. The van der Waals surface area contributed by atoms with Crippen LogP contribution in [0, 0.1) is 11.8 Å². The molecule has 114 valence electrons. The van der Waals surface area contributed by atoms with Gasteiger partial charge >= 0.3 is 5.97 Å². The number of anilines is 2. The number of rotatable bonds is 2. The lowest BCUT2D eigenvalue weighted by atomic mass is 9.75. The highest BCUT2D eigenvalue weighted by Gasteiger charge is 2.31. The van der Waals surface area contributed by atoms with Crippen LogP contribution in [0.15, 0.2) is 12.3 Å². The van der Waals surface area contributed by atoms with Gasteiger partial charge in [-0.15, -0.1) is 0 Å². The van der Waals surface area contributed by atoms with E-state index in [-0.39, 0.29) is 0 Å². The first kappa shape index (κ1) is 14.2.